The van der Waals surface area contributed by atoms with Gasteiger partial charge in [-0.2, -0.15) is 0 Å². The third-order valence-corrected chi connectivity index (χ3v) is 1.73. The largest absolute Gasteiger partial charge is 0.550 e. The Morgan fingerprint density at radius 3 is 2.27 bits per heavy atom. The molecular weight excluding hydrogens is 187 g/mol. The molecular formula is C8H15NiO2-. The molecule has 0 rings (SSSR count). The van der Waals surface area contributed by atoms with E-state index in [2.05, 4.69) is 6.92 Å². The minimum Gasteiger partial charge on any atom is -0.550 e. The number of carbonyl (C=O) groups is 1. The molecule has 0 N–H and O–H groups in total. The summed E-state index contributed by atoms with van der Waals surface area (Å²) < 4.78 is 0. The van der Waals surface area contributed by atoms with E-state index in [1.54, 1.807) is 0 Å². The van der Waals surface area contributed by atoms with Crippen molar-refractivity contribution in [2.75, 3.05) is 0 Å². The third-order valence-electron chi connectivity index (χ3n) is 1.73. The summed E-state index contributed by atoms with van der Waals surface area (Å²) in [4.78, 5) is 10.3. The molecule has 0 heterocycles. The Morgan fingerprint density at radius 2 is 2.00 bits per heavy atom. The van der Waals surface area contributed by atoms with Crippen molar-refractivity contribution in [1.29, 1.82) is 0 Å². The minimum atomic E-state index is -0.893. The Hall–Kier alpha value is -0.0365. The second kappa shape index (κ2) is 8.06. The van der Waals surface area contributed by atoms with E-state index in [4.69, 9.17) is 0 Å². The molecule has 0 aliphatic heterocycles. The molecule has 0 fully saturated rings. The summed E-state index contributed by atoms with van der Waals surface area (Å²) >= 11 is 0. The van der Waals surface area contributed by atoms with E-state index in [0.29, 0.717) is 6.42 Å². The van der Waals surface area contributed by atoms with Crippen LogP contribution in [-0.2, 0) is 21.3 Å². The topological polar surface area (TPSA) is 40.1 Å². The van der Waals surface area contributed by atoms with Crippen molar-refractivity contribution in [1.82, 2.24) is 0 Å². The van der Waals surface area contributed by atoms with Crippen LogP contribution in [0.2, 0.25) is 0 Å². The molecule has 2 nitrogen and oxygen atoms in total. The molecule has 3 heteroatoms. The van der Waals surface area contributed by atoms with Crippen molar-refractivity contribution in [3.63, 3.8) is 0 Å². The van der Waals surface area contributed by atoms with Crippen molar-refractivity contribution in [3.8, 4) is 0 Å². The van der Waals surface area contributed by atoms with Crippen molar-refractivity contribution in [2.45, 2.75) is 39.5 Å². The normalized spacial score (nSPS) is 11.8. The summed E-state index contributed by atoms with van der Waals surface area (Å²) in [7, 11) is 0. The first-order valence-corrected chi connectivity index (χ1v) is 3.93. The number of hydrogen-bond donors (Lipinski definition) is 0. The second-order valence-electron chi connectivity index (χ2n) is 2.57. The van der Waals surface area contributed by atoms with Gasteiger partial charge in [0.15, 0.2) is 0 Å². The maximum absolute atomic E-state index is 10.3. The molecule has 0 aromatic rings. The molecule has 1 unspecified atom stereocenters. The Kier molecular flexibility index (Phi) is 9.93. The van der Waals surface area contributed by atoms with Crippen LogP contribution in [0.5, 0.6) is 0 Å². The molecule has 0 amide bonds. The quantitative estimate of drug-likeness (QED) is 0.622. The molecule has 0 aliphatic carbocycles. The van der Waals surface area contributed by atoms with Gasteiger partial charge in [-0.25, -0.2) is 0 Å². The van der Waals surface area contributed by atoms with Gasteiger partial charge in [-0.15, -0.1) is 0 Å². The molecule has 70 valence electrons. The van der Waals surface area contributed by atoms with Gasteiger partial charge < -0.3 is 9.90 Å². The van der Waals surface area contributed by atoms with Gasteiger partial charge in [-0.1, -0.05) is 26.7 Å². The number of aliphatic carboxylic acids is 1. The molecule has 0 saturated carbocycles. The fraction of sp³-hybridized carbons (Fsp3) is 0.875. The summed E-state index contributed by atoms with van der Waals surface area (Å²) in [5, 5.41) is 10.3. The Bertz CT molecular complexity index is 104. The SMILES string of the molecule is CCCCC(CC)C(=O)[O-].[Ni]. The number of unbranched alkanes of at least 4 members (excludes halogenated alkanes) is 1. The predicted octanol–water partition coefficient (Wildman–Crippen LogP) is 0.950. The maximum Gasteiger partial charge on any atom is 0.0445 e. The van der Waals surface area contributed by atoms with Crippen LogP contribution >= 0.6 is 0 Å². The average Bonchev–Trinajstić information content (AvgIpc) is 1.89. The molecule has 0 aromatic heterocycles. The number of carbonyl (C=O) groups excluding carboxylic acids is 1. The fourth-order valence-electron chi connectivity index (χ4n) is 0.939. The zero-order valence-corrected chi connectivity index (χ0v) is 8.03. The standard InChI is InChI=1S/C8H16O2.Ni/c1-3-5-6-7(4-2)8(9)10;/h7H,3-6H2,1-2H3,(H,9,10);/p-1. The Labute approximate surface area is 78.3 Å². The van der Waals surface area contributed by atoms with Gasteiger partial charge in [-0.05, 0) is 18.8 Å². The third kappa shape index (κ3) is 6.36. The van der Waals surface area contributed by atoms with Gasteiger partial charge >= 0.3 is 0 Å². The van der Waals surface area contributed by atoms with E-state index in [9.17, 15) is 9.90 Å². The number of carboxylic acids is 1. The summed E-state index contributed by atoms with van der Waals surface area (Å²) in [5.74, 6) is -1.11. The van der Waals surface area contributed by atoms with Crippen LogP contribution in [0.3, 0.4) is 0 Å². The van der Waals surface area contributed by atoms with E-state index in [1.165, 1.54) is 0 Å². The van der Waals surface area contributed by atoms with E-state index in [1.807, 2.05) is 6.92 Å². The van der Waals surface area contributed by atoms with Gasteiger partial charge in [0.2, 0.25) is 0 Å². The zero-order chi connectivity index (χ0) is 7.98. The van der Waals surface area contributed by atoms with Crippen molar-refractivity contribution >= 4 is 5.97 Å². The number of carboxylic acid groups (broad SMARTS) is 1. The van der Waals surface area contributed by atoms with E-state index >= 15 is 0 Å². The van der Waals surface area contributed by atoms with Gasteiger partial charge in [0.1, 0.15) is 0 Å². The van der Waals surface area contributed by atoms with Crippen molar-refractivity contribution in [3.05, 3.63) is 0 Å². The molecule has 0 spiro atoms. The Balaban J connectivity index is 0. The molecule has 1 atom stereocenters. The summed E-state index contributed by atoms with van der Waals surface area (Å²) in [6, 6.07) is 0. The molecule has 0 aromatic carbocycles. The monoisotopic (exact) mass is 201 g/mol. The molecule has 0 radical (unpaired) electrons. The van der Waals surface area contributed by atoms with Crippen molar-refractivity contribution in [2.24, 2.45) is 5.92 Å². The van der Waals surface area contributed by atoms with Crippen LogP contribution in [0.4, 0.5) is 0 Å². The summed E-state index contributed by atoms with van der Waals surface area (Å²) in [5.41, 5.74) is 0. The molecule has 0 saturated heterocycles. The van der Waals surface area contributed by atoms with Gasteiger partial charge in [0, 0.05) is 22.5 Å². The van der Waals surface area contributed by atoms with Crippen LogP contribution < -0.4 is 5.11 Å². The van der Waals surface area contributed by atoms with Crippen LogP contribution in [-0.4, -0.2) is 5.97 Å². The van der Waals surface area contributed by atoms with Crippen molar-refractivity contribution < 1.29 is 26.4 Å². The van der Waals surface area contributed by atoms with Crippen LogP contribution in [0.15, 0.2) is 0 Å². The van der Waals surface area contributed by atoms with Crippen LogP contribution in [0.1, 0.15) is 39.5 Å². The van der Waals surface area contributed by atoms with Crippen LogP contribution in [0, 0.1) is 5.92 Å². The first-order valence-electron chi connectivity index (χ1n) is 3.93. The zero-order valence-electron chi connectivity index (χ0n) is 7.04. The summed E-state index contributed by atoms with van der Waals surface area (Å²) in [6.45, 7) is 3.94. The van der Waals surface area contributed by atoms with E-state index in [-0.39, 0.29) is 22.4 Å². The molecule has 0 bridgehead atoms. The summed E-state index contributed by atoms with van der Waals surface area (Å²) in [6.07, 6.45) is 3.52. The number of hydrogen-bond acceptors (Lipinski definition) is 2. The maximum atomic E-state index is 10.3. The first-order chi connectivity index (χ1) is 4.72. The fourth-order valence-corrected chi connectivity index (χ4v) is 0.939. The second-order valence-corrected chi connectivity index (χ2v) is 2.57. The van der Waals surface area contributed by atoms with Gasteiger partial charge in [-0.3, -0.25) is 0 Å². The van der Waals surface area contributed by atoms with Gasteiger partial charge in [0.05, 0.1) is 0 Å². The van der Waals surface area contributed by atoms with Gasteiger partial charge in [0.25, 0.3) is 0 Å². The minimum absolute atomic E-state index is 0. The van der Waals surface area contributed by atoms with E-state index in [0.717, 1.165) is 19.3 Å². The molecule has 0 aliphatic rings. The predicted molar refractivity (Wildman–Crippen MR) is 38.3 cm³/mol. The average molecular weight is 202 g/mol. The molecule has 11 heavy (non-hydrogen) atoms. The number of rotatable bonds is 5. The van der Waals surface area contributed by atoms with Crippen LogP contribution in [0.25, 0.3) is 0 Å². The Morgan fingerprint density at radius 1 is 1.45 bits per heavy atom. The first kappa shape index (κ1) is 13.5. The van der Waals surface area contributed by atoms with E-state index < -0.39 is 5.97 Å². The smallest absolute Gasteiger partial charge is 0.0445 e.